The van der Waals surface area contributed by atoms with E-state index in [1.807, 2.05) is 0 Å². The van der Waals surface area contributed by atoms with Crippen LogP contribution in [-0.4, -0.2) is 24.1 Å². The van der Waals surface area contributed by atoms with E-state index in [0.717, 1.165) is 0 Å². The van der Waals surface area contributed by atoms with Crippen molar-refractivity contribution in [2.75, 3.05) is 19.6 Å². The van der Waals surface area contributed by atoms with E-state index in [0.29, 0.717) is 0 Å². The first-order valence-corrected chi connectivity index (χ1v) is 13.7. The normalized spacial score (nSPS) is 11.8. The Bertz CT molecular complexity index is 459. The third-order valence-electron chi connectivity index (χ3n) is 6.82. The van der Waals surface area contributed by atoms with Crippen LogP contribution in [0.4, 0.5) is 0 Å². The van der Waals surface area contributed by atoms with Crippen LogP contribution in [0.3, 0.4) is 0 Å². The van der Waals surface area contributed by atoms with Gasteiger partial charge in [0.25, 0.3) is 0 Å². The van der Waals surface area contributed by atoms with Gasteiger partial charge in [0, 0.05) is 5.56 Å². The minimum absolute atomic E-state index is 1.23. The van der Waals surface area contributed by atoms with Crippen LogP contribution in [0.2, 0.25) is 0 Å². The molecule has 0 atom stereocenters. The van der Waals surface area contributed by atoms with Gasteiger partial charge in [-0.1, -0.05) is 128 Å². The molecule has 0 unspecified atom stereocenters. The predicted octanol–water partition coefficient (Wildman–Crippen LogP) is 9.30. The largest absolute Gasteiger partial charge is 0.320 e. The second kappa shape index (κ2) is 18.9. The summed E-state index contributed by atoms with van der Waals surface area (Å²) >= 11 is 0. The van der Waals surface area contributed by atoms with Crippen LogP contribution in [0.25, 0.3) is 0 Å². The van der Waals surface area contributed by atoms with Gasteiger partial charge in [0.1, 0.15) is 6.54 Å². The Morgan fingerprint density at radius 2 is 0.867 bits per heavy atom. The van der Waals surface area contributed by atoms with Gasteiger partial charge in [-0.3, -0.25) is 0 Å². The molecule has 0 saturated heterocycles. The molecule has 0 heterocycles. The van der Waals surface area contributed by atoms with E-state index < -0.39 is 0 Å². The molecule has 1 aromatic rings. The summed E-state index contributed by atoms with van der Waals surface area (Å²) in [5.41, 5.74) is 1.53. The van der Waals surface area contributed by atoms with Gasteiger partial charge >= 0.3 is 0 Å². The molecule has 0 bridgehead atoms. The zero-order valence-electron chi connectivity index (χ0n) is 21.0. The van der Waals surface area contributed by atoms with Crippen LogP contribution in [0, 0.1) is 0 Å². The number of benzene rings is 1. The fraction of sp³-hybridized carbons (Fsp3) is 0.793. The zero-order chi connectivity index (χ0) is 21.8. The average Bonchev–Trinajstić information content (AvgIpc) is 2.77. The van der Waals surface area contributed by atoms with E-state index in [4.69, 9.17) is 0 Å². The lowest BCUT2D eigenvalue weighted by Gasteiger charge is -2.39. The molecule has 0 N–H and O–H groups in total. The van der Waals surface area contributed by atoms with Gasteiger partial charge < -0.3 is 4.48 Å². The van der Waals surface area contributed by atoms with E-state index in [1.54, 1.807) is 0 Å². The van der Waals surface area contributed by atoms with Crippen molar-refractivity contribution in [3.8, 4) is 0 Å². The zero-order valence-corrected chi connectivity index (χ0v) is 21.0. The second-order valence-electron chi connectivity index (χ2n) is 9.75. The Labute approximate surface area is 190 Å². The van der Waals surface area contributed by atoms with Crippen molar-refractivity contribution in [2.24, 2.45) is 0 Å². The number of hydrogen-bond donors (Lipinski definition) is 0. The molecular formula is C29H54N+. The van der Waals surface area contributed by atoms with Gasteiger partial charge in [-0.05, 0) is 25.7 Å². The molecule has 30 heavy (non-hydrogen) atoms. The molecule has 0 aliphatic carbocycles. The lowest BCUT2D eigenvalue weighted by molar-refractivity contribution is -0.941. The number of nitrogens with zero attached hydrogens (tertiary/aromatic N) is 1. The number of hydrogen-bond acceptors (Lipinski definition) is 0. The van der Waals surface area contributed by atoms with Crippen LogP contribution >= 0.6 is 0 Å². The molecule has 1 nitrogen and oxygen atoms in total. The monoisotopic (exact) mass is 416 g/mol. The molecule has 1 rings (SSSR count). The molecule has 174 valence electrons. The Hall–Kier alpha value is -0.820. The van der Waals surface area contributed by atoms with Gasteiger partial charge in [-0.2, -0.15) is 0 Å². The van der Waals surface area contributed by atoms with Gasteiger partial charge in [-0.15, -0.1) is 0 Å². The lowest BCUT2D eigenvalue weighted by atomic mass is 10.0. The van der Waals surface area contributed by atoms with Crippen molar-refractivity contribution in [3.05, 3.63) is 35.9 Å². The van der Waals surface area contributed by atoms with Crippen molar-refractivity contribution in [3.63, 3.8) is 0 Å². The number of unbranched alkanes of at least 4 members (excludes halogenated alkanes) is 13. The van der Waals surface area contributed by atoms with E-state index in [1.165, 1.54) is 139 Å². The molecule has 0 amide bonds. The summed E-state index contributed by atoms with van der Waals surface area (Å²) in [6, 6.07) is 11.3. The molecule has 0 aliphatic heterocycles. The summed E-state index contributed by atoms with van der Waals surface area (Å²) in [6.45, 7) is 12.3. The fourth-order valence-electron chi connectivity index (χ4n) is 4.82. The summed E-state index contributed by atoms with van der Waals surface area (Å²) in [7, 11) is 0. The minimum atomic E-state index is 1.23. The SMILES string of the molecule is CCCCCCCCCCCCCC[N+](CCCC)(CCCC)Cc1ccccc1. The summed E-state index contributed by atoms with van der Waals surface area (Å²) in [5, 5.41) is 0. The molecule has 0 aliphatic rings. The van der Waals surface area contributed by atoms with E-state index in [-0.39, 0.29) is 0 Å². The molecule has 0 fully saturated rings. The first-order chi connectivity index (χ1) is 14.8. The fourth-order valence-corrected chi connectivity index (χ4v) is 4.82. The molecule has 1 heteroatoms. The average molecular weight is 417 g/mol. The summed E-state index contributed by atoms with van der Waals surface area (Å²) in [5.74, 6) is 0. The van der Waals surface area contributed by atoms with Gasteiger partial charge in [0.15, 0.2) is 0 Å². The molecule has 0 spiro atoms. The van der Waals surface area contributed by atoms with Crippen molar-refractivity contribution < 1.29 is 4.48 Å². The molecule has 1 aromatic carbocycles. The highest BCUT2D eigenvalue weighted by molar-refractivity contribution is 5.13. The van der Waals surface area contributed by atoms with E-state index >= 15 is 0 Å². The Morgan fingerprint density at radius 3 is 1.33 bits per heavy atom. The quantitative estimate of drug-likeness (QED) is 0.138. The Morgan fingerprint density at radius 1 is 0.467 bits per heavy atom. The van der Waals surface area contributed by atoms with Crippen LogP contribution in [0.1, 0.15) is 129 Å². The number of rotatable bonds is 21. The topological polar surface area (TPSA) is 0 Å². The third-order valence-corrected chi connectivity index (χ3v) is 6.82. The maximum absolute atomic E-state index is 2.35. The van der Waals surface area contributed by atoms with Crippen LogP contribution in [0.5, 0.6) is 0 Å². The number of quaternary nitrogens is 1. The van der Waals surface area contributed by atoms with E-state index in [9.17, 15) is 0 Å². The predicted molar refractivity (Wildman–Crippen MR) is 136 cm³/mol. The van der Waals surface area contributed by atoms with Gasteiger partial charge in [-0.25, -0.2) is 0 Å². The van der Waals surface area contributed by atoms with Crippen molar-refractivity contribution in [1.29, 1.82) is 0 Å². The Kier molecular flexibility index (Phi) is 17.2. The second-order valence-corrected chi connectivity index (χ2v) is 9.75. The first kappa shape index (κ1) is 27.2. The molecule has 0 aromatic heterocycles. The minimum Gasteiger partial charge on any atom is -0.320 e. The van der Waals surface area contributed by atoms with Crippen molar-refractivity contribution >= 4 is 0 Å². The summed E-state index contributed by atoms with van der Waals surface area (Å²) in [4.78, 5) is 0. The smallest absolute Gasteiger partial charge is 0.104 e. The summed E-state index contributed by atoms with van der Waals surface area (Å²) in [6.07, 6.45) is 22.7. The Balaban J connectivity index is 2.33. The van der Waals surface area contributed by atoms with Crippen LogP contribution in [-0.2, 0) is 6.54 Å². The highest BCUT2D eigenvalue weighted by Gasteiger charge is 2.26. The van der Waals surface area contributed by atoms with E-state index in [2.05, 4.69) is 51.1 Å². The lowest BCUT2D eigenvalue weighted by Crippen LogP contribution is -2.49. The standard InChI is InChI=1S/C29H54N/c1-4-7-10-11-12-13-14-15-16-17-18-22-27-30(25-8-5-2,26-9-6-3)28-29-23-20-19-21-24-29/h19-21,23-24H,4-18,22,25-28H2,1-3H3/q+1. The van der Waals surface area contributed by atoms with Gasteiger partial charge in [0.05, 0.1) is 19.6 Å². The molecule has 0 radical (unpaired) electrons. The summed E-state index contributed by atoms with van der Waals surface area (Å²) < 4.78 is 1.32. The van der Waals surface area contributed by atoms with Crippen molar-refractivity contribution in [1.82, 2.24) is 0 Å². The van der Waals surface area contributed by atoms with Gasteiger partial charge in [0.2, 0.25) is 0 Å². The molecular weight excluding hydrogens is 362 g/mol. The highest BCUT2D eigenvalue weighted by atomic mass is 15.3. The van der Waals surface area contributed by atoms with Crippen LogP contribution in [0.15, 0.2) is 30.3 Å². The van der Waals surface area contributed by atoms with Crippen LogP contribution < -0.4 is 0 Å². The van der Waals surface area contributed by atoms with Crippen molar-refractivity contribution in [2.45, 2.75) is 130 Å². The first-order valence-electron chi connectivity index (χ1n) is 13.7. The highest BCUT2D eigenvalue weighted by Crippen LogP contribution is 2.21. The maximum Gasteiger partial charge on any atom is 0.104 e. The third kappa shape index (κ3) is 13.5. The molecule has 0 saturated carbocycles. The maximum atomic E-state index is 2.35.